The second-order valence-corrected chi connectivity index (χ2v) is 10.8. The number of anilines is 1. The Morgan fingerprint density at radius 1 is 1.09 bits per heavy atom. The standard InChI is InChI=1S/C22H19F3N2O4S2/c23-14-7-10-18(17(24)11-14)31-20(21(28)27-22-26-12-19(25)32-22)13-5-8-16(9-6-13)33(29,30)15-3-1-2-4-15/h5-12,15,20H,1-4H2,(H,26,27,28). The molecule has 0 bridgehead atoms. The van der Waals surface area contributed by atoms with Crippen LogP contribution in [0.3, 0.4) is 0 Å². The third-order valence-corrected chi connectivity index (χ3v) is 8.32. The molecular weight excluding hydrogens is 477 g/mol. The molecule has 6 nitrogen and oxygen atoms in total. The third kappa shape index (κ3) is 5.19. The number of hydrogen-bond donors (Lipinski definition) is 1. The van der Waals surface area contributed by atoms with Crippen molar-refractivity contribution in [2.75, 3.05) is 5.32 Å². The zero-order valence-corrected chi connectivity index (χ0v) is 18.8. The van der Waals surface area contributed by atoms with Crippen LogP contribution in [0.4, 0.5) is 18.3 Å². The van der Waals surface area contributed by atoms with E-state index < -0.39 is 43.9 Å². The van der Waals surface area contributed by atoms with Gasteiger partial charge in [0.1, 0.15) is 5.82 Å². The Bertz CT molecular complexity index is 1260. The number of carbonyl (C=O) groups excluding carboxylic acids is 1. The van der Waals surface area contributed by atoms with Gasteiger partial charge in [-0.25, -0.2) is 22.2 Å². The molecule has 1 N–H and O–H groups in total. The number of halogens is 3. The van der Waals surface area contributed by atoms with Crippen molar-refractivity contribution in [2.24, 2.45) is 0 Å². The fourth-order valence-corrected chi connectivity index (χ4v) is 6.08. The fraction of sp³-hybridized carbons (Fsp3) is 0.273. The Kier molecular flexibility index (Phi) is 6.71. The second kappa shape index (κ2) is 9.52. The van der Waals surface area contributed by atoms with Crippen molar-refractivity contribution in [2.45, 2.75) is 41.9 Å². The number of carbonyl (C=O) groups is 1. The Morgan fingerprint density at radius 2 is 1.79 bits per heavy atom. The largest absolute Gasteiger partial charge is 0.473 e. The molecule has 1 amide bonds. The van der Waals surface area contributed by atoms with Crippen LogP contribution < -0.4 is 10.1 Å². The number of thiazole rings is 1. The highest BCUT2D eigenvalue weighted by Crippen LogP contribution is 2.32. The number of nitrogens with one attached hydrogen (secondary N) is 1. The Morgan fingerprint density at radius 3 is 2.39 bits per heavy atom. The molecule has 2 aromatic carbocycles. The van der Waals surface area contributed by atoms with Gasteiger partial charge in [-0.3, -0.25) is 10.1 Å². The van der Waals surface area contributed by atoms with E-state index in [1.54, 1.807) is 0 Å². The average Bonchev–Trinajstić information content (AvgIpc) is 3.46. The molecule has 11 heteroatoms. The number of ether oxygens (including phenoxy) is 1. The van der Waals surface area contributed by atoms with Crippen molar-refractivity contribution in [3.8, 4) is 5.75 Å². The lowest BCUT2D eigenvalue weighted by Gasteiger charge is -2.19. The zero-order chi connectivity index (χ0) is 23.6. The van der Waals surface area contributed by atoms with Gasteiger partial charge in [0, 0.05) is 11.6 Å². The molecule has 4 rings (SSSR count). The first-order chi connectivity index (χ1) is 15.7. The van der Waals surface area contributed by atoms with Gasteiger partial charge in [-0.15, -0.1) is 0 Å². The van der Waals surface area contributed by atoms with Crippen LogP contribution in [0.5, 0.6) is 5.75 Å². The minimum Gasteiger partial charge on any atom is -0.473 e. The molecule has 0 spiro atoms. The van der Waals surface area contributed by atoms with Gasteiger partial charge < -0.3 is 4.74 Å². The first kappa shape index (κ1) is 23.2. The number of rotatable bonds is 7. The molecule has 0 radical (unpaired) electrons. The lowest BCUT2D eigenvalue weighted by molar-refractivity contribution is -0.123. The molecular formula is C22H19F3N2O4S2. The summed E-state index contributed by atoms with van der Waals surface area (Å²) in [4.78, 5) is 16.7. The minimum atomic E-state index is -3.51. The molecule has 1 aromatic heterocycles. The van der Waals surface area contributed by atoms with E-state index >= 15 is 0 Å². The fourth-order valence-electron chi connectivity index (χ4n) is 3.68. The second-order valence-electron chi connectivity index (χ2n) is 7.55. The van der Waals surface area contributed by atoms with Gasteiger partial charge in [0.15, 0.2) is 31.7 Å². The Labute approximate surface area is 192 Å². The first-order valence-corrected chi connectivity index (χ1v) is 12.5. The van der Waals surface area contributed by atoms with E-state index in [0.29, 0.717) is 30.2 Å². The van der Waals surface area contributed by atoms with Crippen molar-refractivity contribution in [3.63, 3.8) is 0 Å². The summed E-state index contributed by atoms with van der Waals surface area (Å²) in [7, 11) is -3.51. The van der Waals surface area contributed by atoms with Gasteiger partial charge in [-0.1, -0.05) is 36.3 Å². The van der Waals surface area contributed by atoms with Crippen LogP contribution in [-0.4, -0.2) is 24.6 Å². The van der Waals surface area contributed by atoms with Gasteiger partial charge in [0.25, 0.3) is 5.91 Å². The van der Waals surface area contributed by atoms with Gasteiger partial charge in [-0.2, -0.15) is 4.39 Å². The van der Waals surface area contributed by atoms with Crippen molar-refractivity contribution in [1.82, 2.24) is 4.98 Å². The summed E-state index contributed by atoms with van der Waals surface area (Å²) in [5.74, 6) is -3.02. The maximum atomic E-state index is 14.2. The van der Waals surface area contributed by atoms with E-state index in [1.807, 2.05) is 0 Å². The van der Waals surface area contributed by atoms with Crippen LogP contribution in [0.1, 0.15) is 37.4 Å². The summed E-state index contributed by atoms with van der Waals surface area (Å²) >= 11 is 0.592. The summed E-state index contributed by atoms with van der Waals surface area (Å²) in [6.45, 7) is 0. The van der Waals surface area contributed by atoms with Crippen molar-refractivity contribution >= 4 is 32.2 Å². The molecule has 1 unspecified atom stereocenters. The number of hydrogen-bond acceptors (Lipinski definition) is 6. The average molecular weight is 497 g/mol. The highest BCUT2D eigenvalue weighted by molar-refractivity contribution is 7.92. The van der Waals surface area contributed by atoms with Gasteiger partial charge >= 0.3 is 0 Å². The molecule has 1 atom stereocenters. The van der Waals surface area contributed by atoms with Gasteiger partial charge in [0.2, 0.25) is 6.10 Å². The maximum Gasteiger partial charge on any atom is 0.271 e. The number of nitrogens with zero attached hydrogens (tertiary/aromatic N) is 1. The summed E-state index contributed by atoms with van der Waals surface area (Å²) < 4.78 is 71.9. The molecule has 1 aliphatic carbocycles. The van der Waals surface area contributed by atoms with Crippen molar-refractivity contribution in [3.05, 3.63) is 71.0 Å². The molecule has 3 aromatic rings. The van der Waals surface area contributed by atoms with E-state index in [9.17, 15) is 26.4 Å². The minimum absolute atomic E-state index is 0.0360. The number of benzene rings is 2. The van der Waals surface area contributed by atoms with E-state index in [4.69, 9.17) is 4.74 Å². The third-order valence-electron chi connectivity index (χ3n) is 5.34. The highest BCUT2D eigenvalue weighted by Gasteiger charge is 2.31. The van der Waals surface area contributed by atoms with Crippen LogP contribution in [0.15, 0.2) is 53.6 Å². The predicted octanol–water partition coefficient (Wildman–Crippen LogP) is 5.04. The van der Waals surface area contributed by atoms with Crippen LogP contribution >= 0.6 is 11.3 Å². The van der Waals surface area contributed by atoms with Crippen LogP contribution in [0.25, 0.3) is 0 Å². The number of aromatic nitrogens is 1. The number of amides is 1. The summed E-state index contributed by atoms with van der Waals surface area (Å²) in [5, 5.41) is 1.30. The predicted molar refractivity (Wildman–Crippen MR) is 116 cm³/mol. The van der Waals surface area contributed by atoms with E-state index in [2.05, 4.69) is 10.3 Å². The summed E-state index contributed by atoms with van der Waals surface area (Å²) in [6.07, 6.45) is 2.41. The highest BCUT2D eigenvalue weighted by atomic mass is 32.2. The molecule has 0 saturated heterocycles. The lowest BCUT2D eigenvalue weighted by Crippen LogP contribution is -2.26. The first-order valence-electron chi connectivity index (χ1n) is 10.1. The van der Waals surface area contributed by atoms with Crippen LogP contribution in [-0.2, 0) is 14.6 Å². The molecule has 1 fully saturated rings. The van der Waals surface area contributed by atoms with Crippen LogP contribution in [0, 0.1) is 16.8 Å². The molecule has 0 aliphatic heterocycles. The molecule has 1 saturated carbocycles. The summed E-state index contributed by atoms with van der Waals surface area (Å²) in [5.41, 5.74) is 0.221. The molecule has 174 valence electrons. The molecule has 1 aliphatic rings. The SMILES string of the molecule is O=C(Nc1ncc(F)s1)C(Oc1ccc(F)cc1F)c1ccc(S(=O)(=O)C2CCCC2)cc1. The van der Waals surface area contributed by atoms with E-state index in [1.165, 1.54) is 24.3 Å². The quantitative estimate of drug-likeness (QED) is 0.496. The Hall–Kier alpha value is -2.92. The van der Waals surface area contributed by atoms with Crippen molar-refractivity contribution in [1.29, 1.82) is 0 Å². The topological polar surface area (TPSA) is 85.4 Å². The zero-order valence-electron chi connectivity index (χ0n) is 17.1. The van der Waals surface area contributed by atoms with Crippen molar-refractivity contribution < 1.29 is 31.1 Å². The summed E-state index contributed by atoms with van der Waals surface area (Å²) in [6, 6.07) is 8.16. The van der Waals surface area contributed by atoms with E-state index in [-0.39, 0.29) is 21.3 Å². The van der Waals surface area contributed by atoms with Crippen LogP contribution in [0.2, 0.25) is 0 Å². The monoisotopic (exact) mass is 496 g/mol. The normalized spacial score (nSPS) is 15.4. The maximum absolute atomic E-state index is 14.2. The smallest absolute Gasteiger partial charge is 0.271 e. The van der Waals surface area contributed by atoms with E-state index in [0.717, 1.165) is 31.2 Å². The van der Waals surface area contributed by atoms with Gasteiger partial charge in [0.05, 0.1) is 16.3 Å². The lowest BCUT2D eigenvalue weighted by atomic mass is 10.1. The number of sulfone groups is 1. The molecule has 33 heavy (non-hydrogen) atoms. The Balaban J connectivity index is 1.63. The van der Waals surface area contributed by atoms with Gasteiger partial charge in [-0.05, 0) is 37.1 Å². The molecule has 1 heterocycles.